The second-order valence-corrected chi connectivity index (χ2v) is 5.14. The Labute approximate surface area is 114 Å². The molecule has 1 aromatic carbocycles. The van der Waals surface area contributed by atoms with Crippen molar-refractivity contribution in [2.24, 2.45) is 5.92 Å². The highest BCUT2D eigenvalue weighted by Gasteiger charge is 2.33. The minimum absolute atomic E-state index is 0.0353. The van der Waals surface area contributed by atoms with Gasteiger partial charge in [0.05, 0.1) is 18.1 Å². The molecule has 1 aromatic rings. The zero-order chi connectivity index (χ0) is 13.0. The molecule has 100 valence electrons. The largest absolute Gasteiger partial charge is 0.494 e. The Hall–Kier alpha value is -0.730. The van der Waals surface area contributed by atoms with Crippen LogP contribution in [-0.4, -0.2) is 19.3 Å². The summed E-state index contributed by atoms with van der Waals surface area (Å²) in [4.78, 5) is 0. The Morgan fingerprint density at radius 1 is 1.33 bits per heavy atom. The lowest BCUT2D eigenvalue weighted by Gasteiger charge is -2.22. The summed E-state index contributed by atoms with van der Waals surface area (Å²) in [6, 6.07) is 8.11. The lowest BCUT2D eigenvalue weighted by molar-refractivity contribution is 0.0864. The van der Waals surface area contributed by atoms with Crippen LogP contribution in [0.15, 0.2) is 24.3 Å². The molecule has 1 saturated heterocycles. The van der Waals surface area contributed by atoms with E-state index in [1.54, 1.807) is 0 Å². The minimum atomic E-state index is 0.0353. The zero-order valence-corrected chi connectivity index (χ0v) is 11.8. The van der Waals surface area contributed by atoms with Gasteiger partial charge in [0, 0.05) is 12.5 Å². The first-order chi connectivity index (χ1) is 8.76. The van der Waals surface area contributed by atoms with Gasteiger partial charge >= 0.3 is 0 Å². The molecule has 3 heteroatoms. The van der Waals surface area contributed by atoms with E-state index in [1.165, 1.54) is 0 Å². The fourth-order valence-corrected chi connectivity index (χ4v) is 3.02. The van der Waals surface area contributed by atoms with Crippen molar-refractivity contribution in [2.75, 3.05) is 13.2 Å². The molecule has 1 fully saturated rings. The SMILES string of the molecule is CCOc1ccc(C(Cl)C2CCOC2CC)cc1. The van der Waals surface area contributed by atoms with Crippen molar-refractivity contribution in [2.45, 2.75) is 38.2 Å². The standard InChI is InChI=1S/C15H21ClO2/c1-3-14-13(9-10-18-14)15(16)11-5-7-12(8-6-11)17-4-2/h5-8,13-15H,3-4,9-10H2,1-2H3. The first-order valence-electron chi connectivity index (χ1n) is 6.74. The van der Waals surface area contributed by atoms with Crippen LogP contribution in [0.3, 0.4) is 0 Å². The van der Waals surface area contributed by atoms with Gasteiger partial charge < -0.3 is 9.47 Å². The van der Waals surface area contributed by atoms with Gasteiger partial charge in [0.1, 0.15) is 5.75 Å². The fraction of sp³-hybridized carbons (Fsp3) is 0.600. The molecule has 2 nitrogen and oxygen atoms in total. The average molecular weight is 269 g/mol. The van der Waals surface area contributed by atoms with Gasteiger partial charge in [-0.05, 0) is 37.5 Å². The first kappa shape index (κ1) is 13.7. The molecule has 3 unspecified atom stereocenters. The third kappa shape index (κ3) is 2.99. The van der Waals surface area contributed by atoms with Crippen molar-refractivity contribution >= 4 is 11.6 Å². The molecule has 1 aliphatic rings. The van der Waals surface area contributed by atoms with E-state index in [4.69, 9.17) is 21.1 Å². The molecular formula is C15H21ClO2. The molecule has 18 heavy (non-hydrogen) atoms. The summed E-state index contributed by atoms with van der Waals surface area (Å²) >= 11 is 6.59. The number of halogens is 1. The molecule has 0 N–H and O–H groups in total. The van der Waals surface area contributed by atoms with Crippen LogP contribution in [0.4, 0.5) is 0 Å². The maximum atomic E-state index is 6.59. The highest BCUT2D eigenvalue weighted by Crippen LogP contribution is 2.39. The average Bonchev–Trinajstić information content (AvgIpc) is 2.87. The Balaban J connectivity index is 2.05. The van der Waals surface area contributed by atoms with Crippen molar-refractivity contribution in [3.05, 3.63) is 29.8 Å². The smallest absolute Gasteiger partial charge is 0.119 e. The number of hydrogen-bond acceptors (Lipinski definition) is 2. The van der Waals surface area contributed by atoms with Crippen LogP contribution in [0, 0.1) is 5.92 Å². The van der Waals surface area contributed by atoms with Crippen LogP contribution in [0.25, 0.3) is 0 Å². The molecule has 0 aliphatic carbocycles. The summed E-state index contributed by atoms with van der Waals surface area (Å²) in [7, 11) is 0. The van der Waals surface area contributed by atoms with Gasteiger partial charge in [0.2, 0.25) is 0 Å². The zero-order valence-electron chi connectivity index (χ0n) is 11.1. The van der Waals surface area contributed by atoms with Crippen LogP contribution in [0.2, 0.25) is 0 Å². The normalized spacial score (nSPS) is 25.1. The predicted molar refractivity (Wildman–Crippen MR) is 74.3 cm³/mol. The Morgan fingerprint density at radius 2 is 2.06 bits per heavy atom. The molecule has 0 saturated carbocycles. The van der Waals surface area contributed by atoms with E-state index >= 15 is 0 Å². The van der Waals surface area contributed by atoms with E-state index in [9.17, 15) is 0 Å². The second kappa shape index (κ2) is 6.44. The van der Waals surface area contributed by atoms with Gasteiger partial charge in [-0.2, -0.15) is 0 Å². The molecule has 2 rings (SSSR count). The number of hydrogen-bond donors (Lipinski definition) is 0. The van der Waals surface area contributed by atoms with Crippen molar-refractivity contribution < 1.29 is 9.47 Å². The van der Waals surface area contributed by atoms with E-state index in [2.05, 4.69) is 19.1 Å². The molecule has 1 heterocycles. The van der Waals surface area contributed by atoms with Gasteiger partial charge in [-0.1, -0.05) is 19.1 Å². The molecule has 1 aliphatic heterocycles. The first-order valence-corrected chi connectivity index (χ1v) is 7.18. The predicted octanol–water partition coefficient (Wildman–Crippen LogP) is 4.18. The van der Waals surface area contributed by atoms with Gasteiger partial charge in [0.25, 0.3) is 0 Å². The summed E-state index contributed by atoms with van der Waals surface area (Å²) in [5.74, 6) is 1.33. The number of rotatable bonds is 5. The van der Waals surface area contributed by atoms with E-state index < -0.39 is 0 Å². The Bertz CT molecular complexity index is 363. The van der Waals surface area contributed by atoms with Gasteiger partial charge in [-0.3, -0.25) is 0 Å². The number of ether oxygens (including phenoxy) is 2. The Kier molecular flexibility index (Phi) is 4.90. The fourth-order valence-electron chi connectivity index (χ4n) is 2.58. The van der Waals surface area contributed by atoms with E-state index in [0.717, 1.165) is 30.8 Å². The highest BCUT2D eigenvalue weighted by atomic mass is 35.5. The topological polar surface area (TPSA) is 18.5 Å². The lowest BCUT2D eigenvalue weighted by Crippen LogP contribution is -2.19. The molecule has 0 amide bonds. The van der Waals surface area contributed by atoms with E-state index in [0.29, 0.717) is 18.6 Å². The van der Waals surface area contributed by atoms with Gasteiger partial charge in [-0.25, -0.2) is 0 Å². The molecule has 0 spiro atoms. The summed E-state index contributed by atoms with van der Waals surface area (Å²) in [6.45, 7) is 5.67. The third-order valence-corrected chi connectivity index (χ3v) is 4.12. The quantitative estimate of drug-likeness (QED) is 0.746. The van der Waals surface area contributed by atoms with Crippen molar-refractivity contribution in [1.82, 2.24) is 0 Å². The maximum Gasteiger partial charge on any atom is 0.119 e. The van der Waals surface area contributed by atoms with Crippen LogP contribution in [-0.2, 0) is 4.74 Å². The monoisotopic (exact) mass is 268 g/mol. The molecule has 0 aromatic heterocycles. The van der Waals surface area contributed by atoms with Crippen molar-refractivity contribution in [3.8, 4) is 5.75 Å². The molecular weight excluding hydrogens is 248 g/mol. The minimum Gasteiger partial charge on any atom is -0.494 e. The molecule has 0 radical (unpaired) electrons. The van der Waals surface area contributed by atoms with E-state index in [-0.39, 0.29) is 5.38 Å². The van der Waals surface area contributed by atoms with Gasteiger partial charge in [0.15, 0.2) is 0 Å². The summed E-state index contributed by atoms with van der Waals surface area (Å²) in [5, 5.41) is 0.0353. The van der Waals surface area contributed by atoms with E-state index in [1.807, 2.05) is 19.1 Å². The Morgan fingerprint density at radius 3 is 2.67 bits per heavy atom. The molecule has 0 bridgehead atoms. The highest BCUT2D eigenvalue weighted by molar-refractivity contribution is 6.21. The number of benzene rings is 1. The number of alkyl halides is 1. The van der Waals surface area contributed by atoms with Crippen LogP contribution in [0.5, 0.6) is 5.75 Å². The third-order valence-electron chi connectivity index (χ3n) is 3.55. The summed E-state index contributed by atoms with van der Waals surface area (Å²) in [6.07, 6.45) is 2.39. The van der Waals surface area contributed by atoms with Crippen LogP contribution in [0.1, 0.15) is 37.6 Å². The van der Waals surface area contributed by atoms with Crippen LogP contribution >= 0.6 is 11.6 Å². The molecule has 3 atom stereocenters. The van der Waals surface area contributed by atoms with Gasteiger partial charge in [-0.15, -0.1) is 11.6 Å². The van der Waals surface area contributed by atoms with Crippen molar-refractivity contribution in [1.29, 1.82) is 0 Å². The second-order valence-electron chi connectivity index (χ2n) is 4.67. The summed E-state index contributed by atoms with van der Waals surface area (Å²) in [5.41, 5.74) is 1.16. The summed E-state index contributed by atoms with van der Waals surface area (Å²) < 4.78 is 11.2. The lowest BCUT2D eigenvalue weighted by atomic mass is 9.91. The maximum absolute atomic E-state index is 6.59. The van der Waals surface area contributed by atoms with Crippen molar-refractivity contribution in [3.63, 3.8) is 0 Å². The van der Waals surface area contributed by atoms with Crippen LogP contribution < -0.4 is 4.74 Å².